The lowest BCUT2D eigenvalue weighted by Gasteiger charge is -2.13. The Morgan fingerprint density at radius 3 is 2.29 bits per heavy atom. The number of hydrogen-bond acceptors (Lipinski definition) is 2. The van der Waals surface area contributed by atoms with Gasteiger partial charge in [-0.15, -0.1) is 0 Å². The molecule has 0 amide bonds. The van der Waals surface area contributed by atoms with Crippen molar-refractivity contribution in [2.75, 3.05) is 0 Å². The van der Waals surface area contributed by atoms with Crippen LogP contribution < -0.4 is 0 Å². The smallest absolute Gasteiger partial charge is 0.217 e. The Morgan fingerprint density at radius 1 is 1.10 bits per heavy atom. The largest absolute Gasteiger partial charge is 0.223 e. The number of hydrogen-bond donors (Lipinski definition) is 0. The molecule has 0 spiro atoms. The van der Waals surface area contributed by atoms with Gasteiger partial charge in [-0.1, -0.05) is 61.2 Å². The van der Waals surface area contributed by atoms with Crippen molar-refractivity contribution in [3.63, 3.8) is 0 Å². The highest BCUT2D eigenvalue weighted by Crippen LogP contribution is 2.31. The van der Waals surface area contributed by atoms with Gasteiger partial charge in [0.05, 0.1) is 11.4 Å². The molecule has 1 heterocycles. The van der Waals surface area contributed by atoms with E-state index in [9.17, 15) is 0 Å². The van der Waals surface area contributed by atoms with E-state index in [1.54, 1.807) is 12.2 Å². The van der Waals surface area contributed by atoms with Crippen LogP contribution in [0, 0.1) is 0 Å². The summed E-state index contributed by atoms with van der Waals surface area (Å²) in [6, 6.07) is 9.88. The van der Waals surface area contributed by atoms with E-state index >= 15 is 0 Å². The van der Waals surface area contributed by atoms with Crippen molar-refractivity contribution in [1.82, 2.24) is 9.97 Å². The first-order valence-corrected chi connectivity index (χ1v) is 7.02. The van der Waals surface area contributed by atoms with Crippen LogP contribution in [0.3, 0.4) is 0 Å². The van der Waals surface area contributed by atoms with E-state index in [4.69, 9.17) is 11.6 Å². The third kappa shape index (κ3) is 3.11. The van der Waals surface area contributed by atoms with Crippen molar-refractivity contribution in [3.05, 3.63) is 71.7 Å². The number of benzene rings is 1. The van der Waals surface area contributed by atoms with Gasteiger partial charge in [0.1, 0.15) is 0 Å². The molecule has 3 heteroatoms. The normalized spacial score (nSPS) is 10.0. The van der Waals surface area contributed by atoms with Gasteiger partial charge in [0.25, 0.3) is 0 Å². The van der Waals surface area contributed by atoms with Crippen LogP contribution >= 0.6 is 11.6 Å². The number of nitrogens with zero attached hydrogens (tertiary/aromatic N) is 2. The van der Waals surface area contributed by atoms with E-state index in [0.29, 0.717) is 0 Å². The summed E-state index contributed by atoms with van der Waals surface area (Å²) in [5, 5.41) is 0.218. The Bertz CT molecular complexity index is 711. The Balaban J connectivity index is 2.81. The van der Waals surface area contributed by atoms with Crippen LogP contribution in [0.5, 0.6) is 0 Å². The molecule has 0 fully saturated rings. The maximum absolute atomic E-state index is 6.12. The Morgan fingerprint density at radius 2 is 1.76 bits per heavy atom. The van der Waals surface area contributed by atoms with E-state index in [1.165, 1.54) is 0 Å². The molecule has 0 bridgehead atoms. The number of allylic oxidation sites excluding steroid dienone is 3. The average Bonchev–Trinajstić information content (AvgIpc) is 2.48. The summed E-state index contributed by atoms with van der Waals surface area (Å²) in [7, 11) is 0. The second kappa shape index (κ2) is 6.51. The number of halogens is 1. The molecule has 0 radical (unpaired) electrons. The first-order valence-electron chi connectivity index (χ1n) is 6.64. The average molecular weight is 297 g/mol. The predicted molar refractivity (Wildman–Crippen MR) is 91.0 cm³/mol. The molecular formula is C18H17ClN2. The molecule has 0 aliphatic rings. The highest BCUT2D eigenvalue weighted by atomic mass is 35.5. The summed E-state index contributed by atoms with van der Waals surface area (Å²) < 4.78 is 0. The van der Waals surface area contributed by atoms with E-state index in [1.807, 2.05) is 44.2 Å². The van der Waals surface area contributed by atoms with Gasteiger partial charge >= 0.3 is 0 Å². The molecule has 0 N–H and O–H groups in total. The molecule has 0 saturated heterocycles. The maximum atomic E-state index is 6.12. The number of aromatic nitrogens is 2. The summed E-state index contributed by atoms with van der Waals surface area (Å²) in [6.45, 7) is 11.8. The van der Waals surface area contributed by atoms with Crippen LogP contribution in [-0.2, 0) is 0 Å². The summed E-state index contributed by atoms with van der Waals surface area (Å²) in [6.07, 6.45) is 3.55. The third-order valence-electron chi connectivity index (χ3n) is 3.17. The first-order chi connectivity index (χ1) is 10.1. The zero-order chi connectivity index (χ0) is 15.4. The van der Waals surface area contributed by atoms with Crippen LogP contribution in [0.15, 0.2) is 55.1 Å². The van der Waals surface area contributed by atoms with Crippen LogP contribution in [0.1, 0.15) is 25.1 Å². The van der Waals surface area contributed by atoms with E-state index < -0.39 is 0 Å². The minimum atomic E-state index is 0.218. The van der Waals surface area contributed by atoms with Crippen LogP contribution in [-0.4, -0.2) is 9.97 Å². The topological polar surface area (TPSA) is 25.8 Å². The Hall–Kier alpha value is -2.19. The third-order valence-corrected chi connectivity index (χ3v) is 3.34. The Labute approximate surface area is 130 Å². The highest BCUT2D eigenvalue weighted by molar-refractivity contribution is 6.28. The first kappa shape index (κ1) is 15.2. The fraction of sp³-hybridized carbons (Fsp3) is 0.111. The van der Waals surface area contributed by atoms with Gasteiger partial charge < -0.3 is 0 Å². The van der Waals surface area contributed by atoms with Gasteiger partial charge in [-0.25, -0.2) is 9.97 Å². The van der Waals surface area contributed by atoms with E-state index in [-0.39, 0.29) is 5.28 Å². The minimum absolute atomic E-state index is 0.218. The zero-order valence-electron chi connectivity index (χ0n) is 12.2. The van der Waals surface area contributed by atoms with Gasteiger partial charge in [-0.3, -0.25) is 0 Å². The lowest BCUT2D eigenvalue weighted by Crippen LogP contribution is -2.00. The van der Waals surface area contributed by atoms with Gasteiger partial charge in [0, 0.05) is 11.1 Å². The molecule has 2 rings (SSSR count). The van der Waals surface area contributed by atoms with Crippen molar-refractivity contribution in [2.45, 2.75) is 13.8 Å². The van der Waals surface area contributed by atoms with Gasteiger partial charge in [0.2, 0.25) is 5.28 Å². The summed E-state index contributed by atoms with van der Waals surface area (Å²) >= 11 is 6.12. The summed E-state index contributed by atoms with van der Waals surface area (Å²) in [4.78, 5) is 8.75. The van der Waals surface area contributed by atoms with Crippen molar-refractivity contribution in [2.24, 2.45) is 0 Å². The van der Waals surface area contributed by atoms with Crippen LogP contribution in [0.25, 0.3) is 22.9 Å². The fourth-order valence-corrected chi connectivity index (χ4v) is 2.36. The van der Waals surface area contributed by atoms with Crippen LogP contribution in [0.2, 0.25) is 5.28 Å². The second-order valence-electron chi connectivity index (χ2n) is 4.79. The SMILES string of the molecule is C=CC(=C(C)C)c1nc(Cl)nc(-c2ccccc2)c1C=C. The van der Waals surface area contributed by atoms with Crippen LogP contribution in [0.4, 0.5) is 0 Å². The molecule has 0 saturated carbocycles. The second-order valence-corrected chi connectivity index (χ2v) is 5.13. The fourth-order valence-electron chi connectivity index (χ4n) is 2.19. The monoisotopic (exact) mass is 296 g/mol. The van der Waals surface area contributed by atoms with Crippen molar-refractivity contribution in [3.8, 4) is 11.3 Å². The lowest BCUT2D eigenvalue weighted by atomic mass is 9.98. The molecule has 21 heavy (non-hydrogen) atoms. The van der Waals surface area contributed by atoms with E-state index in [2.05, 4.69) is 23.1 Å². The van der Waals surface area contributed by atoms with E-state index in [0.717, 1.165) is 33.7 Å². The summed E-state index contributed by atoms with van der Waals surface area (Å²) in [5.41, 5.74) is 5.45. The van der Waals surface area contributed by atoms with Crippen molar-refractivity contribution < 1.29 is 0 Å². The van der Waals surface area contributed by atoms with Crippen molar-refractivity contribution >= 4 is 23.3 Å². The molecule has 1 aromatic carbocycles. The van der Waals surface area contributed by atoms with Gasteiger partial charge in [-0.2, -0.15) is 0 Å². The lowest BCUT2D eigenvalue weighted by molar-refractivity contribution is 1.13. The van der Waals surface area contributed by atoms with Crippen molar-refractivity contribution in [1.29, 1.82) is 0 Å². The summed E-state index contributed by atoms with van der Waals surface area (Å²) in [5.74, 6) is 0. The van der Waals surface area contributed by atoms with Gasteiger partial charge in [0.15, 0.2) is 0 Å². The standard InChI is InChI=1S/C18H17ClN2/c1-5-14(12(3)4)17-15(6-2)16(20-18(19)21-17)13-10-8-7-9-11-13/h5-11H,1-2H2,3-4H3. The quantitative estimate of drug-likeness (QED) is 0.556. The predicted octanol–water partition coefficient (Wildman–Crippen LogP) is 5.42. The highest BCUT2D eigenvalue weighted by Gasteiger charge is 2.15. The molecule has 0 unspecified atom stereocenters. The number of rotatable bonds is 4. The molecule has 0 aliphatic carbocycles. The molecule has 106 valence electrons. The molecule has 2 nitrogen and oxygen atoms in total. The molecule has 0 aliphatic heterocycles. The van der Waals surface area contributed by atoms with Gasteiger partial charge in [-0.05, 0) is 31.0 Å². The minimum Gasteiger partial charge on any atom is -0.217 e. The zero-order valence-corrected chi connectivity index (χ0v) is 13.0. The Kier molecular flexibility index (Phi) is 4.71. The molecule has 0 atom stereocenters. The molecular weight excluding hydrogens is 280 g/mol. The molecule has 2 aromatic rings. The maximum Gasteiger partial charge on any atom is 0.223 e. The molecule has 1 aromatic heterocycles.